The van der Waals surface area contributed by atoms with Crippen LogP contribution < -0.4 is 0 Å². The molecule has 0 atom stereocenters. The topological polar surface area (TPSA) is 9.72 Å². The predicted octanol–water partition coefficient (Wildman–Crippen LogP) is 0.717. The number of nitrogens with zero attached hydrogens (tertiary/aromatic N) is 3. The van der Waals surface area contributed by atoms with Crippen molar-refractivity contribution in [1.29, 1.82) is 0 Å². The molecule has 0 unspecified atom stereocenters. The van der Waals surface area contributed by atoms with E-state index in [9.17, 15) is 0 Å². The van der Waals surface area contributed by atoms with Gasteiger partial charge in [-0.1, -0.05) is 6.92 Å². The summed E-state index contributed by atoms with van der Waals surface area (Å²) in [6.45, 7) is 15.8. The van der Waals surface area contributed by atoms with Crippen LogP contribution in [-0.2, 0) is 0 Å². The Hall–Kier alpha value is -0.120. The molecule has 0 radical (unpaired) electrons. The van der Waals surface area contributed by atoms with E-state index >= 15 is 0 Å². The molecule has 0 bridgehead atoms. The van der Waals surface area contributed by atoms with E-state index in [1.807, 2.05) is 0 Å². The van der Waals surface area contributed by atoms with Crippen molar-refractivity contribution in [2.75, 3.05) is 45.8 Å². The van der Waals surface area contributed by atoms with Gasteiger partial charge >= 0.3 is 0 Å². The zero-order valence-electron chi connectivity index (χ0n) is 10.4. The van der Waals surface area contributed by atoms with Gasteiger partial charge in [-0.15, -0.1) is 0 Å². The molecule has 3 nitrogen and oxygen atoms in total. The van der Waals surface area contributed by atoms with Crippen LogP contribution in [0, 0.1) is 0 Å². The quantitative estimate of drug-likeness (QED) is 0.681. The fourth-order valence-electron chi connectivity index (χ4n) is 2.65. The zero-order valence-corrected chi connectivity index (χ0v) is 10.4. The van der Waals surface area contributed by atoms with Gasteiger partial charge in [0.15, 0.2) is 0 Å². The predicted molar refractivity (Wildman–Crippen MR) is 64.2 cm³/mol. The molecule has 2 aliphatic rings. The molecule has 88 valence electrons. The minimum absolute atomic E-state index is 0.723. The van der Waals surface area contributed by atoms with Crippen molar-refractivity contribution in [3.8, 4) is 0 Å². The summed E-state index contributed by atoms with van der Waals surface area (Å²) in [5, 5.41) is 0. The number of hydrogen-bond acceptors (Lipinski definition) is 3. The maximum Gasteiger partial charge on any atom is 0.0351 e. The van der Waals surface area contributed by atoms with Crippen molar-refractivity contribution >= 4 is 0 Å². The van der Waals surface area contributed by atoms with Crippen LogP contribution in [0.3, 0.4) is 0 Å². The maximum absolute atomic E-state index is 2.69. The second-order valence-corrected chi connectivity index (χ2v) is 5.17. The summed E-state index contributed by atoms with van der Waals surface area (Å²) >= 11 is 0. The molecule has 2 fully saturated rings. The van der Waals surface area contributed by atoms with E-state index < -0.39 is 0 Å². The second kappa shape index (κ2) is 4.81. The molecule has 0 N–H and O–H groups in total. The Morgan fingerprint density at radius 1 is 1.07 bits per heavy atom. The highest BCUT2D eigenvalue weighted by molar-refractivity contribution is 4.89. The van der Waals surface area contributed by atoms with Crippen LogP contribution in [-0.4, -0.2) is 72.6 Å². The van der Waals surface area contributed by atoms with E-state index in [2.05, 4.69) is 35.5 Å². The molecular formula is C12H25N3. The lowest BCUT2D eigenvalue weighted by Gasteiger charge is -2.48. The van der Waals surface area contributed by atoms with Crippen molar-refractivity contribution in [3.63, 3.8) is 0 Å². The molecule has 2 heterocycles. The van der Waals surface area contributed by atoms with E-state index in [4.69, 9.17) is 0 Å². The Morgan fingerprint density at radius 2 is 1.67 bits per heavy atom. The number of rotatable bonds is 3. The van der Waals surface area contributed by atoms with Crippen LogP contribution in [0.1, 0.15) is 20.8 Å². The van der Waals surface area contributed by atoms with Gasteiger partial charge in [0, 0.05) is 51.4 Å². The Labute approximate surface area is 94.0 Å². The first-order valence-corrected chi connectivity index (χ1v) is 6.41. The van der Waals surface area contributed by atoms with Crippen LogP contribution in [0.4, 0.5) is 0 Å². The molecule has 3 heteroatoms. The van der Waals surface area contributed by atoms with Gasteiger partial charge in [0.1, 0.15) is 0 Å². The fourth-order valence-corrected chi connectivity index (χ4v) is 2.65. The molecule has 0 amide bonds. The van der Waals surface area contributed by atoms with Crippen molar-refractivity contribution in [3.05, 3.63) is 0 Å². The highest BCUT2D eigenvalue weighted by Crippen LogP contribution is 2.17. The SMILES string of the molecule is CCN1CC(N2CCN(C(C)C)CC2)C1. The van der Waals surface area contributed by atoms with Crippen molar-refractivity contribution in [2.24, 2.45) is 0 Å². The molecule has 0 spiro atoms. The number of piperazine rings is 1. The summed E-state index contributed by atoms with van der Waals surface area (Å²) in [6, 6.07) is 1.58. The van der Waals surface area contributed by atoms with Crippen LogP contribution in [0.2, 0.25) is 0 Å². The standard InChI is InChI=1S/C12H25N3/c1-4-13-9-12(10-13)15-7-5-14(6-8-15)11(2)3/h11-12H,4-10H2,1-3H3. The first-order valence-electron chi connectivity index (χ1n) is 6.41. The largest absolute Gasteiger partial charge is 0.300 e. The Morgan fingerprint density at radius 3 is 2.13 bits per heavy atom. The van der Waals surface area contributed by atoms with Crippen LogP contribution in [0.25, 0.3) is 0 Å². The summed E-state index contributed by atoms with van der Waals surface area (Å²) in [6.07, 6.45) is 0. The monoisotopic (exact) mass is 211 g/mol. The van der Waals surface area contributed by atoms with Gasteiger partial charge in [-0.2, -0.15) is 0 Å². The molecule has 2 rings (SSSR count). The van der Waals surface area contributed by atoms with E-state index in [0.29, 0.717) is 0 Å². The van der Waals surface area contributed by atoms with Gasteiger partial charge in [-0.3, -0.25) is 9.80 Å². The summed E-state index contributed by atoms with van der Waals surface area (Å²) in [4.78, 5) is 7.80. The molecule has 0 aromatic heterocycles. The van der Waals surface area contributed by atoms with E-state index in [0.717, 1.165) is 12.1 Å². The number of likely N-dealkylation sites (N-methyl/N-ethyl adjacent to an activating group) is 1. The molecule has 2 aliphatic heterocycles. The van der Waals surface area contributed by atoms with Crippen LogP contribution >= 0.6 is 0 Å². The van der Waals surface area contributed by atoms with E-state index in [1.54, 1.807) is 0 Å². The zero-order chi connectivity index (χ0) is 10.8. The van der Waals surface area contributed by atoms with Gasteiger partial charge in [-0.05, 0) is 20.4 Å². The molecule has 0 saturated carbocycles. The summed E-state index contributed by atoms with van der Waals surface area (Å²) < 4.78 is 0. The first-order chi connectivity index (χ1) is 7.20. The Balaban J connectivity index is 1.70. The van der Waals surface area contributed by atoms with E-state index in [-0.39, 0.29) is 0 Å². The lowest BCUT2D eigenvalue weighted by Crippen LogP contribution is -2.63. The normalized spacial score (nSPS) is 27.2. The first kappa shape index (κ1) is 11.4. The van der Waals surface area contributed by atoms with Crippen LogP contribution in [0.5, 0.6) is 0 Å². The average Bonchev–Trinajstić information content (AvgIpc) is 2.17. The van der Waals surface area contributed by atoms with Crippen LogP contribution in [0.15, 0.2) is 0 Å². The molecular weight excluding hydrogens is 186 g/mol. The second-order valence-electron chi connectivity index (χ2n) is 5.17. The minimum Gasteiger partial charge on any atom is -0.300 e. The Bertz CT molecular complexity index is 191. The number of hydrogen-bond donors (Lipinski definition) is 0. The fraction of sp³-hybridized carbons (Fsp3) is 1.00. The van der Waals surface area contributed by atoms with Gasteiger partial charge < -0.3 is 4.90 Å². The van der Waals surface area contributed by atoms with E-state index in [1.165, 1.54) is 45.8 Å². The summed E-state index contributed by atoms with van der Waals surface area (Å²) in [5.74, 6) is 0. The Kier molecular flexibility index (Phi) is 3.65. The third kappa shape index (κ3) is 2.52. The van der Waals surface area contributed by atoms with Crippen molar-refractivity contribution in [2.45, 2.75) is 32.9 Å². The highest BCUT2D eigenvalue weighted by atomic mass is 15.3. The van der Waals surface area contributed by atoms with Gasteiger partial charge in [0.25, 0.3) is 0 Å². The average molecular weight is 211 g/mol. The van der Waals surface area contributed by atoms with Gasteiger partial charge in [-0.25, -0.2) is 0 Å². The van der Waals surface area contributed by atoms with Crippen molar-refractivity contribution in [1.82, 2.24) is 14.7 Å². The molecule has 15 heavy (non-hydrogen) atoms. The van der Waals surface area contributed by atoms with Gasteiger partial charge in [0.05, 0.1) is 0 Å². The maximum atomic E-state index is 2.69. The summed E-state index contributed by atoms with van der Waals surface area (Å²) in [7, 11) is 0. The van der Waals surface area contributed by atoms with Gasteiger partial charge in [0.2, 0.25) is 0 Å². The lowest BCUT2D eigenvalue weighted by atomic mass is 10.1. The smallest absolute Gasteiger partial charge is 0.0351 e. The lowest BCUT2D eigenvalue weighted by molar-refractivity contribution is 0.00196. The summed E-state index contributed by atoms with van der Waals surface area (Å²) in [5.41, 5.74) is 0. The minimum atomic E-state index is 0.723. The molecule has 0 aromatic rings. The highest BCUT2D eigenvalue weighted by Gasteiger charge is 2.32. The van der Waals surface area contributed by atoms with Crippen molar-refractivity contribution < 1.29 is 0 Å². The third-order valence-corrected chi connectivity index (χ3v) is 3.98. The third-order valence-electron chi connectivity index (χ3n) is 3.98. The molecule has 2 saturated heterocycles. The number of likely N-dealkylation sites (tertiary alicyclic amines) is 1. The molecule has 0 aliphatic carbocycles. The molecule has 0 aromatic carbocycles.